The molecule has 0 spiro atoms. The quantitative estimate of drug-likeness (QED) is 0.806. The summed E-state index contributed by atoms with van der Waals surface area (Å²) in [6.07, 6.45) is 1.05. The van der Waals surface area contributed by atoms with Crippen molar-refractivity contribution in [3.05, 3.63) is 41.2 Å². The molecule has 8 nitrogen and oxygen atoms in total. The number of benzene rings is 1. The number of hydrogen-bond acceptors (Lipinski definition) is 5. The highest BCUT2D eigenvalue weighted by Crippen LogP contribution is 2.17. The Morgan fingerprint density at radius 1 is 1.40 bits per heavy atom. The van der Waals surface area contributed by atoms with Gasteiger partial charge in [-0.1, -0.05) is 17.3 Å². The molecular formula is C17H21N5O3. The van der Waals surface area contributed by atoms with Crippen LogP contribution in [0.1, 0.15) is 36.3 Å². The number of amides is 2. The number of aryl methyl sites for hydroxylation is 1. The average Bonchev–Trinajstić information content (AvgIpc) is 3.05. The van der Waals surface area contributed by atoms with E-state index in [1.54, 1.807) is 18.7 Å². The molecule has 1 aromatic carbocycles. The van der Waals surface area contributed by atoms with Gasteiger partial charge in [0.2, 0.25) is 11.8 Å². The van der Waals surface area contributed by atoms with Crippen LogP contribution >= 0.6 is 0 Å². The summed E-state index contributed by atoms with van der Waals surface area (Å²) in [5.74, 6) is 0.671. The van der Waals surface area contributed by atoms with Gasteiger partial charge in [0.1, 0.15) is 17.5 Å². The Labute approximate surface area is 145 Å². The Balaban J connectivity index is 1.51. The molecular weight excluding hydrogens is 322 g/mol. The standard InChI is InChI=1S/C17H21N5O3/c1-11-17(24)19-10-15-14(20-21-22(11)15)9-18-16(23)8-5-12-3-6-13(25-2)7-4-12/h3-4,6-7,11H,5,8-10H2,1-2H3,(H,18,23)(H,19,24). The number of carbonyl (C=O) groups is 2. The first-order valence-corrected chi connectivity index (χ1v) is 8.18. The zero-order valence-corrected chi connectivity index (χ0v) is 14.3. The van der Waals surface area contributed by atoms with Crippen LogP contribution in [0.4, 0.5) is 0 Å². The number of rotatable bonds is 6. The molecule has 0 bridgehead atoms. The third kappa shape index (κ3) is 3.78. The minimum atomic E-state index is -0.379. The summed E-state index contributed by atoms with van der Waals surface area (Å²) < 4.78 is 6.72. The Hall–Kier alpha value is -2.90. The van der Waals surface area contributed by atoms with E-state index in [4.69, 9.17) is 4.74 Å². The van der Waals surface area contributed by atoms with Gasteiger partial charge in [-0.25, -0.2) is 4.68 Å². The van der Waals surface area contributed by atoms with Crippen LogP contribution in [0.2, 0.25) is 0 Å². The second-order valence-corrected chi connectivity index (χ2v) is 5.95. The molecule has 3 rings (SSSR count). The molecule has 1 aliphatic rings. The number of aromatic nitrogens is 3. The van der Waals surface area contributed by atoms with Crippen molar-refractivity contribution in [3.8, 4) is 5.75 Å². The highest BCUT2D eigenvalue weighted by Gasteiger charge is 2.27. The fourth-order valence-corrected chi connectivity index (χ4v) is 2.73. The topological polar surface area (TPSA) is 98.1 Å². The molecule has 0 aliphatic carbocycles. The molecule has 1 unspecified atom stereocenters. The van der Waals surface area contributed by atoms with Crippen molar-refractivity contribution < 1.29 is 14.3 Å². The fourth-order valence-electron chi connectivity index (χ4n) is 2.73. The van der Waals surface area contributed by atoms with Crippen molar-refractivity contribution >= 4 is 11.8 Å². The molecule has 0 saturated carbocycles. The first kappa shape index (κ1) is 16.9. The molecule has 1 aliphatic heterocycles. The number of nitrogens with one attached hydrogen (secondary N) is 2. The Bertz CT molecular complexity index is 769. The zero-order valence-electron chi connectivity index (χ0n) is 14.3. The van der Waals surface area contributed by atoms with Gasteiger partial charge in [0.15, 0.2) is 0 Å². The largest absolute Gasteiger partial charge is 0.497 e. The van der Waals surface area contributed by atoms with Gasteiger partial charge >= 0.3 is 0 Å². The van der Waals surface area contributed by atoms with E-state index < -0.39 is 0 Å². The van der Waals surface area contributed by atoms with Gasteiger partial charge in [-0.2, -0.15) is 0 Å². The summed E-state index contributed by atoms with van der Waals surface area (Å²) in [4.78, 5) is 23.7. The zero-order chi connectivity index (χ0) is 17.8. The maximum atomic E-state index is 12.1. The van der Waals surface area contributed by atoms with Gasteiger partial charge in [0, 0.05) is 6.42 Å². The predicted octanol–water partition coefficient (Wildman–Crippen LogP) is 0.726. The molecule has 2 amide bonds. The predicted molar refractivity (Wildman–Crippen MR) is 89.7 cm³/mol. The Kier molecular flexibility index (Phi) is 4.97. The van der Waals surface area contributed by atoms with Gasteiger partial charge < -0.3 is 15.4 Å². The van der Waals surface area contributed by atoms with E-state index in [-0.39, 0.29) is 17.9 Å². The lowest BCUT2D eigenvalue weighted by atomic mass is 10.1. The number of hydrogen-bond donors (Lipinski definition) is 2. The first-order valence-electron chi connectivity index (χ1n) is 8.18. The molecule has 1 atom stereocenters. The van der Waals surface area contributed by atoms with E-state index in [0.717, 1.165) is 17.0 Å². The van der Waals surface area contributed by atoms with Gasteiger partial charge in [-0.3, -0.25) is 9.59 Å². The third-order valence-electron chi connectivity index (χ3n) is 4.30. The lowest BCUT2D eigenvalue weighted by Crippen LogP contribution is -2.38. The second kappa shape index (κ2) is 7.33. The van der Waals surface area contributed by atoms with Gasteiger partial charge in [0.05, 0.1) is 25.9 Å². The monoisotopic (exact) mass is 343 g/mol. The van der Waals surface area contributed by atoms with E-state index >= 15 is 0 Å². The number of fused-ring (bicyclic) bond motifs is 1. The summed E-state index contributed by atoms with van der Waals surface area (Å²) in [6, 6.07) is 7.28. The van der Waals surface area contributed by atoms with E-state index in [0.29, 0.717) is 31.6 Å². The normalized spacial score (nSPS) is 16.1. The van der Waals surface area contributed by atoms with Crippen LogP contribution in [0.5, 0.6) is 5.75 Å². The van der Waals surface area contributed by atoms with Crippen molar-refractivity contribution in [3.63, 3.8) is 0 Å². The smallest absolute Gasteiger partial charge is 0.244 e. The number of nitrogens with zero attached hydrogens (tertiary/aromatic N) is 3. The van der Waals surface area contributed by atoms with Crippen LogP contribution in [-0.4, -0.2) is 33.9 Å². The molecule has 132 valence electrons. The van der Waals surface area contributed by atoms with Crippen LogP contribution < -0.4 is 15.4 Å². The maximum Gasteiger partial charge on any atom is 0.244 e. The number of ether oxygens (including phenoxy) is 1. The van der Waals surface area contributed by atoms with Crippen molar-refractivity contribution in [2.45, 2.75) is 38.9 Å². The maximum absolute atomic E-state index is 12.1. The SMILES string of the molecule is COc1ccc(CCC(=O)NCc2nnn3c2CNC(=O)C3C)cc1. The highest BCUT2D eigenvalue weighted by atomic mass is 16.5. The molecule has 2 N–H and O–H groups in total. The van der Waals surface area contributed by atoms with Crippen molar-refractivity contribution in [2.75, 3.05) is 7.11 Å². The minimum Gasteiger partial charge on any atom is -0.497 e. The second-order valence-electron chi connectivity index (χ2n) is 5.95. The molecule has 25 heavy (non-hydrogen) atoms. The Morgan fingerprint density at radius 2 is 2.16 bits per heavy atom. The van der Waals surface area contributed by atoms with Crippen molar-refractivity contribution in [1.82, 2.24) is 25.6 Å². The first-order chi connectivity index (χ1) is 12.1. The molecule has 0 fully saturated rings. The fraction of sp³-hybridized carbons (Fsp3) is 0.412. The van der Waals surface area contributed by atoms with Crippen molar-refractivity contribution in [2.24, 2.45) is 0 Å². The minimum absolute atomic E-state index is 0.0505. The summed E-state index contributed by atoms with van der Waals surface area (Å²) in [6.45, 7) is 2.45. The summed E-state index contributed by atoms with van der Waals surface area (Å²) >= 11 is 0. The average molecular weight is 343 g/mol. The summed E-state index contributed by atoms with van der Waals surface area (Å²) in [7, 11) is 1.62. The van der Waals surface area contributed by atoms with E-state index in [2.05, 4.69) is 20.9 Å². The van der Waals surface area contributed by atoms with Gasteiger partial charge in [0.25, 0.3) is 0 Å². The van der Waals surface area contributed by atoms with E-state index in [1.165, 1.54) is 0 Å². The lowest BCUT2D eigenvalue weighted by molar-refractivity contribution is -0.125. The van der Waals surface area contributed by atoms with Gasteiger partial charge in [-0.05, 0) is 31.0 Å². The molecule has 0 saturated heterocycles. The van der Waals surface area contributed by atoms with Crippen molar-refractivity contribution in [1.29, 1.82) is 0 Å². The van der Waals surface area contributed by atoms with Crippen LogP contribution in [-0.2, 0) is 29.1 Å². The third-order valence-corrected chi connectivity index (χ3v) is 4.30. The number of methoxy groups -OCH3 is 1. The molecule has 2 heterocycles. The molecule has 1 aromatic heterocycles. The van der Waals surface area contributed by atoms with Crippen LogP contribution in [0, 0.1) is 0 Å². The highest BCUT2D eigenvalue weighted by molar-refractivity contribution is 5.80. The van der Waals surface area contributed by atoms with Crippen LogP contribution in [0.25, 0.3) is 0 Å². The lowest BCUT2D eigenvalue weighted by Gasteiger charge is -2.20. The van der Waals surface area contributed by atoms with Crippen LogP contribution in [0.3, 0.4) is 0 Å². The summed E-state index contributed by atoms with van der Waals surface area (Å²) in [5.41, 5.74) is 2.60. The molecule has 0 radical (unpaired) electrons. The number of carbonyl (C=O) groups excluding carboxylic acids is 2. The van der Waals surface area contributed by atoms with Gasteiger partial charge in [-0.15, -0.1) is 5.10 Å². The Morgan fingerprint density at radius 3 is 2.88 bits per heavy atom. The van der Waals surface area contributed by atoms with E-state index in [1.807, 2.05) is 24.3 Å². The molecule has 8 heteroatoms. The van der Waals surface area contributed by atoms with Crippen LogP contribution in [0.15, 0.2) is 24.3 Å². The van der Waals surface area contributed by atoms with E-state index in [9.17, 15) is 9.59 Å². The molecule has 2 aromatic rings. The summed E-state index contributed by atoms with van der Waals surface area (Å²) in [5, 5.41) is 13.8.